The van der Waals surface area contributed by atoms with E-state index in [0.717, 1.165) is 90.7 Å². The number of hydrogen-bond donors (Lipinski definition) is 23. The molecule has 25 atom stereocenters. The highest BCUT2D eigenvalue weighted by Gasteiger charge is 2.70. The first-order chi connectivity index (χ1) is 57.6. The lowest BCUT2D eigenvalue weighted by atomic mass is 9.94. The first kappa shape index (κ1) is 111. The zero-order valence-electron chi connectivity index (χ0n) is 66.7. The number of carbonyl (C=O) groups is 7. The summed E-state index contributed by atoms with van der Waals surface area (Å²) < 4.78 is 204. The van der Waals surface area contributed by atoms with E-state index >= 15 is 8.78 Å². The number of amides is 5. The molecule has 23 N–H and O–H groups in total. The van der Waals surface area contributed by atoms with Crippen molar-refractivity contribution in [1.29, 1.82) is 0 Å². The Labute approximate surface area is 717 Å². The molecule has 5 fully saturated rings. The number of aliphatic carboxylic acids is 1. The maximum absolute atomic E-state index is 15.1. The number of carboxylic acid groups (broad SMARTS) is 1. The van der Waals surface area contributed by atoms with E-state index in [9.17, 15) is 144 Å². The quantitative estimate of drug-likeness (QED) is 0.0221. The number of hydrogen-bond acceptors (Lipinski definition) is 37. The molecule has 10 heterocycles. The molecule has 4 unspecified atom stereocenters. The monoisotopic (exact) mass is 2000 g/mol. The summed E-state index contributed by atoms with van der Waals surface area (Å²) in [4.78, 5) is 174. The van der Waals surface area contributed by atoms with Crippen LogP contribution in [0.3, 0.4) is 0 Å². The maximum atomic E-state index is 15.1. The molecule has 5 saturated heterocycles. The molecule has 66 heteroatoms. The molecule has 0 aromatic carbocycles. The molecule has 0 aromatic rings. The average Bonchev–Trinajstić information content (AvgIpc) is 1.59. The summed E-state index contributed by atoms with van der Waals surface area (Å²) in [6.07, 6.45) is -8.18. The minimum atomic E-state index is -5.85. The number of alkyl halides is 5. The second kappa shape index (κ2) is 39.5. The third-order valence-corrected chi connectivity index (χ3v) is 26.5. The molecule has 128 heavy (non-hydrogen) atoms. The first-order valence-corrected chi connectivity index (χ1v) is 46.2. The first-order valence-electron chi connectivity index (χ1n) is 35.5. The largest absolute Gasteiger partial charge is 0.490 e. The van der Waals surface area contributed by atoms with Crippen LogP contribution >= 0.6 is 54.7 Å². The summed E-state index contributed by atoms with van der Waals surface area (Å²) in [7, 11) is -37.9. The smallest absolute Gasteiger partial charge is 0.480 e. The molecule has 0 spiro atoms. The summed E-state index contributed by atoms with van der Waals surface area (Å²) in [5.41, 5.74) is -9.68. The van der Waals surface area contributed by atoms with E-state index in [1.54, 1.807) is 5.09 Å². The van der Waals surface area contributed by atoms with Crippen molar-refractivity contribution in [3.8, 4) is 0 Å². The van der Waals surface area contributed by atoms with Gasteiger partial charge in [0.1, 0.15) is 97.6 Å². The zero-order valence-corrected chi connectivity index (χ0v) is 73.0. The highest BCUT2D eigenvalue weighted by molar-refractivity contribution is 7.66. The molecule has 10 aliphatic rings. The van der Waals surface area contributed by atoms with Gasteiger partial charge in [-0.05, 0) is 94.2 Å². The Morgan fingerprint density at radius 1 is 0.406 bits per heavy atom. The second-order valence-corrected chi connectivity index (χ2v) is 40.1. The van der Waals surface area contributed by atoms with Crippen LogP contribution in [0.15, 0.2) is 110 Å². The van der Waals surface area contributed by atoms with Gasteiger partial charge in [-0.3, -0.25) is 76.2 Å². The Hall–Kier alpha value is -5.95. The number of nitrogens with one attached hydrogen (secondary N) is 1. The Balaban J connectivity index is 0.000000249. The van der Waals surface area contributed by atoms with Crippen LogP contribution < -0.4 is 5.09 Å². The van der Waals surface area contributed by atoms with Crippen LogP contribution in [0.4, 0.5) is 22.0 Å². The van der Waals surface area contributed by atoms with Gasteiger partial charge in [-0.25, -0.2) is 59.0 Å². The van der Waals surface area contributed by atoms with Crippen LogP contribution in [0, 0.1) is 0 Å². The van der Waals surface area contributed by atoms with Crippen molar-refractivity contribution >= 4 is 96.0 Å². The van der Waals surface area contributed by atoms with Gasteiger partial charge >= 0.3 is 60.7 Å². The van der Waals surface area contributed by atoms with Gasteiger partial charge in [0.05, 0.1) is 32.1 Å². The lowest BCUT2D eigenvalue weighted by Crippen LogP contribution is -2.54. The van der Waals surface area contributed by atoms with Crippen LogP contribution in [-0.2, 0) is 120 Å². The third kappa shape index (κ3) is 26.8. The molecule has 10 rings (SSSR count). The predicted octanol–water partition coefficient (Wildman–Crippen LogP) is -3.02. The highest BCUT2D eigenvalue weighted by Crippen LogP contribution is 2.67. The molecular formula is C62H90F5N6O48P7. The topological polar surface area (TPSA) is 823 Å². The van der Waals surface area contributed by atoms with Crippen molar-refractivity contribution in [1.82, 2.24) is 29.6 Å². The number of carboxylic acids is 1. The number of phosphoric ester groups is 3. The minimum Gasteiger partial charge on any atom is -0.480 e. The number of aliphatic hydroxyl groups excluding tert-OH is 6. The van der Waals surface area contributed by atoms with Gasteiger partial charge in [0, 0.05) is 31.0 Å². The standard InChI is InChI=1S/C15H22FN2O9P.C12H19FNO14P3.C12H18FNO11P2.C12H17FNO8P.C11H14FNO6/c1-8-4-5-18(10(19)6-8)13-14(3,23)12(22)15(16,27-13)7-26-28(24,25)17-9(2)11(20)21;1-7-3-4-14(8(15)5-7)10-11(2,17)9(16)12(13,26-10)6-25-30(21,22)28-31(23,24)27-29(18,19)20;1-7-3-4-14(8(15)5-7)10-11(2,17)9(16)12(13,24-10)6-23-27(21,22)25-26(18,19)20;1-7-3-4-14(8(15)5-7)10-11(2,17)9(16)12(13,22-10)6-21-23(18,19)20;1-10(18)8(17)11(12,5-14)19-9(10)13-3-2-6(15)4-7(13)16/h4-5,9,12-13,22-23H,1,6-7H2,2-3H3,(H,20,21)(H2,17,24,25);3-4,9-10,16-17H,1,5-6H2,2H3,(H,21,22)(H,23,24)(H2,18,19,20);3-4,9-10,16-17H,1,5-6H2,2H3,(H,21,22)(H2,18,19,20);3-4,9-10,16-17H,1,5-6H2,2H3,(H2,18,19,20);2-3,8-9,14,17-18H,4-5H2,1H3/t9-,12-,13+,14+,15+;3*9-,10+,11+,12+;8-,9+,10+,11+/m00000/s1. The Morgan fingerprint density at radius 3 is 0.883 bits per heavy atom. The number of aliphatic hydroxyl groups is 11. The molecule has 0 aromatic heterocycles. The normalized spacial score (nSPS) is 37.7. The van der Waals surface area contributed by atoms with Crippen molar-refractivity contribution in [2.24, 2.45) is 0 Å². The van der Waals surface area contributed by atoms with Crippen LogP contribution in [0.2, 0.25) is 0 Å². The Morgan fingerprint density at radius 2 is 0.641 bits per heavy atom. The summed E-state index contributed by atoms with van der Waals surface area (Å²) >= 11 is 0. The number of ketones is 1. The van der Waals surface area contributed by atoms with Crippen molar-refractivity contribution < 1.29 is 252 Å². The van der Waals surface area contributed by atoms with Crippen LogP contribution in [0.25, 0.3) is 0 Å². The fraction of sp³-hybridized carbons (Fsp3) is 0.597. The van der Waals surface area contributed by atoms with Crippen LogP contribution in [0.5, 0.6) is 0 Å². The van der Waals surface area contributed by atoms with E-state index in [0.29, 0.717) is 22.3 Å². The molecule has 54 nitrogen and oxygen atoms in total. The molecule has 0 saturated carbocycles. The molecule has 0 bridgehead atoms. The van der Waals surface area contributed by atoms with E-state index in [1.165, 1.54) is 36.7 Å². The predicted molar refractivity (Wildman–Crippen MR) is 401 cm³/mol. The molecule has 0 aliphatic carbocycles. The van der Waals surface area contributed by atoms with Crippen molar-refractivity contribution in [3.63, 3.8) is 0 Å². The number of ether oxygens (including phenoxy) is 5. The summed E-state index contributed by atoms with van der Waals surface area (Å²) in [6, 6.07) is -1.49. The van der Waals surface area contributed by atoms with Gasteiger partial charge in [-0.2, -0.15) is 12.9 Å². The summed E-state index contributed by atoms with van der Waals surface area (Å²) in [5.74, 6) is -20.9. The van der Waals surface area contributed by atoms with Crippen molar-refractivity contribution in [2.45, 2.75) is 199 Å². The van der Waals surface area contributed by atoms with Gasteiger partial charge < -0.3 is 134 Å². The molecule has 0 radical (unpaired) electrons. The lowest BCUT2D eigenvalue weighted by molar-refractivity contribution is -0.213. The number of halogens is 5. The molecule has 5 amide bonds. The Bertz CT molecular complexity index is 4850. The summed E-state index contributed by atoms with van der Waals surface area (Å²) in [6.45, 7) is 13.3. The number of allylic oxidation sites excluding steroid dienone is 5. The van der Waals surface area contributed by atoms with Gasteiger partial charge in [-0.15, -0.1) is 0 Å². The van der Waals surface area contributed by atoms with Crippen LogP contribution in [-0.4, -0.2) is 334 Å². The van der Waals surface area contributed by atoms with Crippen LogP contribution in [0.1, 0.15) is 73.6 Å². The van der Waals surface area contributed by atoms with Gasteiger partial charge in [0.25, 0.3) is 29.3 Å². The average molecular weight is 2000 g/mol. The van der Waals surface area contributed by atoms with Gasteiger partial charge in [-0.1, -0.05) is 26.3 Å². The van der Waals surface area contributed by atoms with Gasteiger partial charge in [0.2, 0.25) is 29.5 Å². The van der Waals surface area contributed by atoms with E-state index < -0.39 is 260 Å². The highest BCUT2D eigenvalue weighted by atomic mass is 31.3. The molecular weight excluding hydrogens is 1910 g/mol. The van der Waals surface area contributed by atoms with E-state index in [2.05, 4.69) is 57.3 Å². The van der Waals surface area contributed by atoms with Crippen molar-refractivity contribution in [3.05, 3.63) is 110 Å². The third-order valence-electron chi connectivity index (χ3n) is 19.0. The van der Waals surface area contributed by atoms with E-state index in [-0.39, 0.29) is 25.7 Å². The maximum Gasteiger partial charge on any atom is 0.490 e. The fourth-order valence-electron chi connectivity index (χ4n) is 12.5. The fourth-order valence-corrected chi connectivity index (χ4v) is 18.5. The van der Waals surface area contributed by atoms with Crippen molar-refractivity contribution in [2.75, 3.05) is 33.0 Å². The van der Waals surface area contributed by atoms with Gasteiger partial charge in [0.15, 0.2) is 36.9 Å². The number of carbonyl (C=O) groups excluding carboxylic acids is 6. The molecule has 10 aliphatic heterocycles. The van der Waals surface area contributed by atoms with E-state index in [1.807, 2.05) is 0 Å². The minimum absolute atomic E-state index is 0.0825. The second-order valence-electron chi connectivity index (χ2n) is 30.1. The Kier molecular flexibility index (Phi) is 34.2. The van der Waals surface area contributed by atoms with E-state index in [4.69, 9.17) is 68.2 Å². The lowest BCUT2D eigenvalue weighted by Gasteiger charge is -2.34. The number of phosphoric acid groups is 6. The number of rotatable bonds is 27. The molecule has 726 valence electrons. The summed E-state index contributed by atoms with van der Waals surface area (Å²) in [5, 5.41) is 121. The number of nitrogens with zero attached hydrogens (tertiary/aromatic N) is 5. The zero-order chi connectivity index (χ0) is 98.4. The SMILES string of the molecule is C=C1C=CN([C@@H]2O[C@](F)(COP(=O)(O)N[C@@H](C)C(=O)O)[C@@H](O)[C@@]2(C)O)C(=O)C1.C=C1C=CN([C@@H]2O[C@](F)(COP(=O)(O)O)[C@@H](O)[C@@]2(C)O)C(=O)C1.C=C1C=CN([C@@H]2O[C@](F)(COP(=O)(O)OP(=O)(O)O)[C@@H](O)[C@@]2(C)O)C(=O)C1.C=C1C=CN([C@@H]2O[C@](F)(COP(=O)(O)OP(=O)(O)OP(=O)(O)O)[C@@H](O)[C@@]2(C)O)C(=O)C1.C[C@]1(O)[C@H](N2C=CC(=O)CC2=O)O[C@](F)(CO)[C@H]1O.